The fraction of sp³-hybridized carbons (Fsp3) is 0.562. The van der Waals surface area contributed by atoms with Crippen molar-refractivity contribution in [3.63, 3.8) is 0 Å². The van der Waals surface area contributed by atoms with Crippen molar-refractivity contribution in [3.8, 4) is 6.07 Å². The molecular formula is C16H22N2O2S. The van der Waals surface area contributed by atoms with Gasteiger partial charge in [-0.15, -0.1) is 0 Å². The molecule has 0 unspecified atom stereocenters. The Labute approximate surface area is 127 Å². The van der Waals surface area contributed by atoms with Gasteiger partial charge >= 0.3 is 0 Å². The zero-order valence-corrected chi connectivity index (χ0v) is 13.6. The van der Waals surface area contributed by atoms with Gasteiger partial charge in [0.1, 0.15) is 0 Å². The lowest BCUT2D eigenvalue weighted by Crippen LogP contribution is -2.39. The molecule has 0 amide bonds. The van der Waals surface area contributed by atoms with Gasteiger partial charge in [0.2, 0.25) is 10.0 Å². The van der Waals surface area contributed by atoms with Crippen LogP contribution in [0.25, 0.3) is 0 Å². The van der Waals surface area contributed by atoms with Gasteiger partial charge in [-0.1, -0.05) is 13.8 Å². The molecule has 1 aliphatic rings. The van der Waals surface area contributed by atoms with E-state index in [-0.39, 0.29) is 10.9 Å². The van der Waals surface area contributed by atoms with Crippen LogP contribution >= 0.6 is 0 Å². The zero-order chi connectivity index (χ0) is 15.7. The van der Waals surface area contributed by atoms with Crippen molar-refractivity contribution in [2.45, 2.75) is 57.4 Å². The maximum atomic E-state index is 12.5. The van der Waals surface area contributed by atoms with E-state index >= 15 is 0 Å². The van der Waals surface area contributed by atoms with E-state index in [1.54, 1.807) is 19.1 Å². The summed E-state index contributed by atoms with van der Waals surface area (Å²) >= 11 is 0. The molecule has 1 fully saturated rings. The minimum atomic E-state index is -3.51. The molecule has 4 nitrogen and oxygen atoms in total. The van der Waals surface area contributed by atoms with Gasteiger partial charge in [-0.05, 0) is 61.8 Å². The highest BCUT2D eigenvalue weighted by atomic mass is 32.2. The average Bonchev–Trinajstić information content (AvgIpc) is 2.40. The first-order valence-electron chi connectivity index (χ1n) is 7.27. The van der Waals surface area contributed by atoms with Crippen LogP contribution < -0.4 is 4.72 Å². The van der Waals surface area contributed by atoms with E-state index in [1.807, 2.05) is 6.07 Å². The standard InChI is InChI=1S/C16H22N2O2S/c1-12-10-13(11-17)4-5-15(12)21(19,20)18-14-6-8-16(2,3)9-7-14/h4-5,10,14,18H,6-9H2,1-3H3. The average molecular weight is 306 g/mol. The third-order valence-electron chi connectivity index (χ3n) is 4.25. The first-order valence-corrected chi connectivity index (χ1v) is 8.75. The molecule has 1 aromatic carbocycles. The molecule has 0 radical (unpaired) electrons. The Hall–Kier alpha value is -1.38. The van der Waals surface area contributed by atoms with E-state index in [0.717, 1.165) is 25.7 Å². The number of nitrogens with zero attached hydrogens (tertiary/aromatic N) is 1. The summed E-state index contributed by atoms with van der Waals surface area (Å²) in [6.07, 6.45) is 3.82. The molecule has 0 aliphatic heterocycles. The normalized spacial score (nSPS) is 19.1. The Morgan fingerprint density at radius 3 is 2.43 bits per heavy atom. The van der Waals surface area contributed by atoms with E-state index in [1.165, 1.54) is 6.07 Å². The maximum Gasteiger partial charge on any atom is 0.241 e. The maximum absolute atomic E-state index is 12.5. The summed E-state index contributed by atoms with van der Waals surface area (Å²) in [5, 5.41) is 8.85. The Balaban J connectivity index is 2.15. The third kappa shape index (κ3) is 3.84. The first kappa shape index (κ1) is 16.0. The van der Waals surface area contributed by atoms with Crippen LogP contribution in [-0.4, -0.2) is 14.5 Å². The van der Waals surface area contributed by atoms with Gasteiger partial charge in [-0.2, -0.15) is 5.26 Å². The molecule has 1 aromatic rings. The molecule has 0 atom stereocenters. The fourth-order valence-electron chi connectivity index (χ4n) is 2.82. The highest BCUT2D eigenvalue weighted by Gasteiger charge is 2.30. The monoisotopic (exact) mass is 306 g/mol. The van der Waals surface area contributed by atoms with Crippen LogP contribution in [-0.2, 0) is 10.0 Å². The van der Waals surface area contributed by atoms with Gasteiger partial charge in [0.15, 0.2) is 0 Å². The summed E-state index contributed by atoms with van der Waals surface area (Å²) in [5.41, 5.74) is 1.40. The lowest BCUT2D eigenvalue weighted by atomic mass is 9.76. The Morgan fingerprint density at radius 1 is 1.29 bits per heavy atom. The highest BCUT2D eigenvalue weighted by molar-refractivity contribution is 7.89. The highest BCUT2D eigenvalue weighted by Crippen LogP contribution is 2.35. The van der Waals surface area contributed by atoms with Crippen molar-refractivity contribution >= 4 is 10.0 Å². The molecule has 1 N–H and O–H groups in total. The number of nitriles is 1. The van der Waals surface area contributed by atoms with Crippen molar-refractivity contribution in [1.29, 1.82) is 5.26 Å². The van der Waals surface area contributed by atoms with Crippen LogP contribution in [0.4, 0.5) is 0 Å². The third-order valence-corrected chi connectivity index (χ3v) is 5.94. The fourth-order valence-corrected chi connectivity index (χ4v) is 4.35. The van der Waals surface area contributed by atoms with Crippen molar-refractivity contribution in [3.05, 3.63) is 29.3 Å². The topological polar surface area (TPSA) is 70.0 Å². The molecule has 0 aromatic heterocycles. The Morgan fingerprint density at radius 2 is 1.90 bits per heavy atom. The van der Waals surface area contributed by atoms with Crippen LogP contribution in [0.3, 0.4) is 0 Å². The van der Waals surface area contributed by atoms with E-state index in [4.69, 9.17) is 5.26 Å². The number of rotatable bonds is 3. The zero-order valence-electron chi connectivity index (χ0n) is 12.8. The van der Waals surface area contributed by atoms with Crippen LogP contribution in [0, 0.1) is 23.7 Å². The molecule has 0 spiro atoms. The Bertz CT molecular complexity index is 662. The summed E-state index contributed by atoms with van der Waals surface area (Å²) in [6.45, 7) is 6.17. The first-order chi connectivity index (χ1) is 9.73. The van der Waals surface area contributed by atoms with Crippen LogP contribution in [0.15, 0.2) is 23.1 Å². The number of aryl methyl sites for hydroxylation is 1. The number of nitrogens with one attached hydrogen (secondary N) is 1. The minimum Gasteiger partial charge on any atom is -0.208 e. The van der Waals surface area contributed by atoms with Crippen molar-refractivity contribution < 1.29 is 8.42 Å². The van der Waals surface area contributed by atoms with Crippen molar-refractivity contribution in [1.82, 2.24) is 4.72 Å². The quantitative estimate of drug-likeness (QED) is 0.932. The molecule has 5 heteroatoms. The van der Waals surface area contributed by atoms with Crippen LogP contribution in [0.2, 0.25) is 0 Å². The number of benzene rings is 1. The van der Waals surface area contributed by atoms with Crippen LogP contribution in [0.1, 0.15) is 50.7 Å². The molecule has 2 rings (SSSR count). The second kappa shape index (κ2) is 5.78. The lowest BCUT2D eigenvalue weighted by molar-refractivity contribution is 0.218. The van der Waals surface area contributed by atoms with Gasteiger partial charge < -0.3 is 0 Å². The molecule has 1 aliphatic carbocycles. The number of hydrogen-bond acceptors (Lipinski definition) is 3. The summed E-state index contributed by atoms with van der Waals surface area (Å²) in [4.78, 5) is 0.270. The van der Waals surface area contributed by atoms with Crippen LogP contribution in [0.5, 0.6) is 0 Å². The molecule has 0 bridgehead atoms. The summed E-state index contributed by atoms with van der Waals surface area (Å²) < 4.78 is 27.8. The van der Waals surface area contributed by atoms with Gasteiger partial charge in [0, 0.05) is 6.04 Å². The predicted molar refractivity (Wildman–Crippen MR) is 82.3 cm³/mol. The number of hydrogen-bond donors (Lipinski definition) is 1. The molecule has 21 heavy (non-hydrogen) atoms. The second-order valence-electron chi connectivity index (χ2n) is 6.65. The summed E-state index contributed by atoms with van der Waals surface area (Å²) in [6, 6.07) is 6.71. The van der Waals surface area contributed by atoms with Gasteiger partial charge in [-0.25, -0.2) is 13.1 Å². The van der Waals surface area contributed by atoms with E-state index in [9.17, 15) is 8.42 Å². The lowest BCUT2D eigenvalue weighted by Gasteiger charge is -2.34. The smallest absolute Gasteiger partial charge is 0.208 e. The molecular weight excluding hydrogens is 284 g/mol. The SMILES string of the molecule is Cc1cc(C#N)ccc1S(=O)(=O)NC1CCC(C)(C)CC1. The summed E-state index contributed by atoms with van der Waals surface area (Å²) in [5.74, 6) is 0. The van der Waals surface area contributed by atoms with Crippen molar-refractivity contribution in [2.24, 2.45) is 5.41 Å². The molecule has 0 saturated heterocycles. The van der Waals surface area contributed by atoms with E-state index in [2.05, 4.69) is 18.6 Å². The van der Waals surface area contributed by atoms with Gasteiger partial charge in [0.25, 0.3) is 0 Å². The van der Waals surface area contributed by atoms with E-state index < -0.39 is 10.0 Å². The Kier molecular flexibility index (Phi) is 4.40. The minimum absolute atomic E-state index is 0.0121. The molecule has 114 valence electrons. The second-order valence-corrected chi connectivity index (χ2v) is 8.33. The van der Waals surface area contributed by atoms with Gasteiger partial charge in [-0.3, -0.25) is 0 Å². The largest absolute Gasteiger partial charge is 0.241 e. The summed E-state index contributed by atoms with van der Waals surface area (Å²) in [7, 11) is -3.51. The molecule has 1 saturated carbocycles. The van der Waals surface area contributed by atoms with Crippen molar-refractivity contribution in [2.75, 3.05) is 0 Å². The van der Waals surface area contributed by atoms with Gasteiger partial charge in [0.05, 0.1) is 16.5 Å². The van der Waals surface area contributed by atoms with E-state index in [0.29, 0.717) is 16.5 Å². The molecule has 0 heterocycles. The number of sulfonamides is 1. The predicted octanol–water partition coefficient (Wildman–Crippen LogP) is 3.11.